The molecule has 2 amide bonds. The number of aromatic nitrogens is 2. The average molecular weight is 340 g/mol. The number of aliphatic hydroxyl groups excluding tert-OH is 1. The largest absolute Gasteiger partial charge is 0.467 e. The monoisotopic (exact) mass is 340 g/mol. The molecule has 1 unspecified atom stereocenters. The molecule has 3 rings (SSSR count). The number of para-hydroxylation sites is 2. The van der Waals surface area contributed by atoms with Crippen molar-refractivity contribution < 1.29 is 14.3 Å². The second-order valence-corrected chi connectivity index (χ2v) is 5.72. The van der Waals surface area contributed by atoms with E-state index >= 15 is 0 Å². The van der Waals surface area contributed by atoms with Gasteiger partial charge >= 0.3 is 6.03 Å². The minimum absolute atomic E-state index is 0.0431. The predicted molar refractivity (Wildman–Crippen MR) is 93.7 cm³/mol. The lowest BCUT2D eigenvalue weighted by molar-refractivity contribution is 0.149. The highest BCUT2D eigenvalue weighted by Crippen LogP contribution is 2.21. The second kappa shape index (κ2) is 7.23. The Labute approximate surface area is 145 Å². The first-order valence-electron chi connectivity index (χ1n) is 7.93. The van der Waals surface area contributed by atoms with Gasteiger partial charge in [0, 0.05) is 5.69 Å². The zero-order valence-electron chi connectivity index (χ0n) is 14.1. The van der Waals surface area contributed by atoms with Crippen LogP contribution in [0.1, 0.15) is 23.3 Å². The zero-order chi connectivity index (χ0) is 17.8. The number of benzene rings is 1. The fraction of sp³-hybridized carbons (Fsp3) is 0.222. The van der Waals surface area contributed by atoms with Gasteiger partial charge in [0.05, 0.1) is 29.9 Å². The maximum Gasteiger partial charge on any atom is 0.319 e. The normalized spacial score (nSPS) is 12.0. The molecule has 25 heavy (non-hydrogen) atoms. The Balaban J connectivity index is 1.69. The summed E-state index contributed by atoms with van der Waals surface area (Å²) in [6, 6.07) is 12.3. The SMILES string of the molecule is Cc1cc(C)n(-c2ccccc2NC(=O)NCC(O)c2ccco2)n1. The van der Waals surface area contributed by atoms with Crippen molar-refractivity contribution in [2.24, 2.45) is 0 Å². The van der Waals surface area contributed by atoms with Crippen molar-refractivity contribution in [3.8, 4) is 5.69 Å². The van der Waals surface area contributed by atoms with E-state index in [1.807, 2.05) is 38.1 Å². The smallest absolute Gasteiger partial charge is 0.319 e. The molecule has 0 aliphatic heterocycles. The minimum atomic E-state index is -0.896. The Morgan fingerprint density at radius 3 is 2.76 bits per heavy atom. The van der Waals surface area contributed by atoms with Crippen molar-refractivity contribution in [1.29, 1.82) is 0 Å². The van der Waals surface area contributed by atoms with Gasteiger partial charge in [-0.3, -0.25) is 0 Å². The summed E-state index contributed by atoms with van der Waals surface area (Å²) in [7, 11) is 0. The molecule has 3 aromatic rings. The Morgan fingerprint density at radius 1 is 1.28 bits per heavy atom. The Kier molecular flexibility index (Phi) is 4.85. The van der Waals surface area contributed by atoms with Gasteiger partial charge in [0.15, 0.2) is 0 Å². The van der Waals surface area contributed by atoms with Gasteiger partial charge in [-0.25, -0.2) is 9.48 Å². The van der Waals surface area contributed by atoms with Gasteiger partial charge in [-0.15, -0.1) is 0 Å². The van der Waals surface area contributed by atoms with Crippen LogP contribution in [0.3, 0.4) is 0 Å². The highest BCUT2D eigenvalue weighted by molar-refractivity contribution is 5.91. The lowest BCUT2D eigenvalue weighted by Gasteiger charge is -2.14. The van der Waals surface area contributed by atoms with Gasteiger partial charge in [-0.05, 0) is 44.2 Å². The van der Waals surface area contributed by atoms with Gasteiger partial charge in [-0.2, -0.15) is 5.10 Å². The third-order valence-corrected chi connectivity index (χ3v) is 3.72. The number of urea groups is 1. The Hall–Kier alpha value is -3.06. The first-order chi connectivity index (χ1) is 12.0. The number of carbonyl (C=O) groups is 1. The molecular formula is C18H20N4O3. The van der Waals surface area contributed by atoms with E-state index in [1.54, 1.807) is 22.9 Å². The highest BCUT2D eigenvalue weighted by atomic mass is 16.4. The van der Waals surface area contributed by atoms with Gasteiger partial charge in [0.1, 0.15) is 11.9 Å². The molecule has 0 fully saturated rings. The first kappa shape index (κ1) is 16.8. The van der Waals surface area contributed by atoms with Gasteiger partial charge in [0.2, 0.25) is 0 Å². The van der Waals surface area contributed by atoms with Crippen molar-refractivity contribution in [2.75, 3.05) is 11.9 Å². The second-order valence-electron chi connectivity index (χ2n) is 5.72. The third-order valence-electron chi connectivity index (χ3n) is 3.72. The van der Waals surface area contributed by atoms with Crippen LogP contribution in [0.4, 0.5) is 10.5 Å². The van der Waals surface area contributed by atoms with Crippen molar-refractivity contribution in [1.82, 2.24) is 15.1 Å². The van der Waals surface area contributed by atoms with E-state index in [4.69, 9.17) is 4.42 Å². The Bertz CT molecular complexity index is 855. The molecule has 0 spiro atoms. The number of furan rings is 1. The van der Waals surface area contributed by atoms with Gasteiger partial charge in [-0.1, -0.05) is 12.1 Å². The number of hydrogen-bond donors (Lipinski definition) is 3. The van der Waals surface area contributed by atoms with Crippen LogP contribution >= 0.6 is 0 Å². The summed E-state index contributed by atoms with van der Waals surface area (Å²) in [5, 5.41) is 19.8. The van der Waals surface area contributed by atoms with Gasteiger partial charge in [0.25, 0.3) is 0 Å². The number of hydrogen-bond acceptors (Lipinski definition) is 4. The average Bonchev–Trinajstić information content (AvgIpc) is 3.23. The highest BCUT2D eigenvalue weighted by Gasteiger charge is 2.14. The standard InChI is InChI=1S/C18H20N4O3/c1-12-10-13(2)22(21-12)15-7-4-3-6-14(15)20-18(24)19-11-16(23)17-8-5-9-25-17/h3-10,16,23H,11H2,1-2H3,(H2,19,20,24). The molecule has 1 atom stereocenters. The van der Waals surface area contributed by atoms with Gasteiger partial charge < -0.3 is 20.2 Å². The topological polar surface area (TPSA) is 92.3 Å². The fourth-order valence-corrected chi connectivity index (χ4v) is 2.57. The molecule has 2 heterocycles. The van der Waals surface area contributed by atoms with Crippen LogP contribution in [-0.2, 0) is 0 Å². The lowest BCUT2D eigenvalue weighted by Crippen LogP contribution is -2.32. The van der Waals surface area contributed by atoms with Crippen molar-refractivity contribution in [3.63, 3.8) is 0 Å². The number of carbonyl (C=O) groups excluding carboxylic acids is 1. The van der Waals surface area contributed by atoms with E-state index in [0.717, 1.165) is 17.1 Å². The first-order valence-corrected chi connectivity index (χ1v) is 7.93. The zero-order valence-corrected chi connectivity index (χ0v) is 14.1. The molecule has 2 aromatic heterocycles. The summed E-state index contributed by atoms with van der Waals surface area (Å²) >= 11 is 0. The third kappa shape index (κ3) is 3.89. The Morgan fingerprint density at radius 2 is 2.08 bits per heavy atom. The number of nitrogens with zero attached hydrogens (tertiary/aromatic N) is 2. The molecule has 130 valence electrons. The van der Waals surface area contributed by atoms with Crippen LogP contribution in [0, 0.1) is 13.8 Å². The van der Waals surface area contributed by atoms with E-state index in [0.29, 0.717) is 11.4 Å². The molecule has 7 heteroatoms. The van der Waals surface area contributed by atoms with E-state index < -0.39 is 12.1 Å². The molecule has 3 N–H and O–H groups in total. The maximum atomic E-state index is 12.2. The molecule has 0 aliphatic rings. The quantitative estimate of drug-likeness (QED) is 0.666. The van der Waals surface area contributed by atoms with E-state index in [1.165, 1.54) is 6.26 Å². The molecule has 0 radical (unpaired) electrons. The van der Waals surface area contributed by atoms with E-state index in [-0.39, 0.29) is 6.54 Å². The predicted octanol–water partition coefficient (Wildman–Crippen LogP) is 2.94. The maximum absolute atomic E-state index is 12.2. The van der Waals surface area contributed by atoms with Crippen molar-refractivity contribution in [2.45, 2.75) is 20.0 Å². The van der Waals surface area contributed by atoms with Crippen LogP contribution < -0.4 is 10.6 Å². The van der Waals surface area contributed by atoms with Crippen molar-refractivity contribution in [3.05, 3.63) is 65.9 Å². The lowest BCUT2D eigenvalue weighted by atomic mass is 10.2. The number of anilines is 1. The molecule has 0 bridgehead atoms. The molecule has 1 aromatic carbocycles. The summed E-state index contributed by atoms with van der Waals surface area (Å²) in [4.78, 5) is 12.2. The van der Waals surface area contributed by atoms with E-state index in [9.17, 15) is 9.90 Å². The summed E-state index contributed by atoms with van der Waals surface area (Å²) in [5.41, 5.74) is 3.27. The molecule has 7 nitrogen and oxygen atoms in total. The molecule has 0 saturated carbocycles. The number of nitrogens with one attached hydrogen (secondary N) is 2. The number of rotatable bonds is 5. The van der Waals surface area contributed by atoms with Crippen molar-refractivity contribution >= 4 is 11.7 Å². The molecular weight excluding hydrogens is 320 g/mol. The summed E-state index contributed by atoms with van der Waals surface area (Å²) in [6.07, 6.45) is 0.579. The molecule has 0 saturated heterocycles. The number of amides is 2. The number of aryl methyl sites for hydroxylation is 2. The van der Waals surface area contributed by atoms with Crippen LogP contribution in [-0.4, -0.2) is 27.5 Å². The summed E-state index contributed by atoms with van der Waals surface area (Å²) in [5.74, 6) is 0.406. The van der Waals surface area contributed by atoms with Crippen LogP contribution in [0.25, 0.3) is 5.69 Å². The number of aliphatic hydroxyl groups is 1. The summed E-state index contributed by atoms with van der Waals surface area (Å²) in [6.45, 7) is 3.92. The van der Waals surface area contributed by atoms with Crippen LogP contribution in [0.5, 0.6) is 0 Å². The van der Waals surface area contributed by atoms with Crippen LogP contribution in [0.2, 0.25) is 0 Å². The molecule has 0 aliphatic carbocycles. The van der Waals surface area contributed by atoms with Crippen LogP contribution in [0.15, 0.2) is 53.1 Å². The fourth-order valence-electron chi connectivity index (χ4n) is 2.57. The minimum Gasteiger partial charge on any atom is -0.467 e. The summed E-state index contributed by atoms with van der Waals surface area (Å²) < 4.78 is 6.89. The van der Waals surface area contributed by atoms with E-state index in [2.05, 4.69) is 15.7 Å².